The van der Waals surface area contributed by atoms with Crippen LogP contribution in [0.25, 0.3) is 0 Å². The first-order valence-electron chi connectivity index (χ1n) is 7.78. The summed E-state index contributed by atoms with van der Waals surface area (Å²) in [7, 11) is 0. The lowest BCUT2D eigenvalue weighted by atomic mass is 9.84. The largest absolute Gasteiger partial charge is 0.388 e. The molecule has 1 fully saturated rings. The maximum Gasteiger partial charge on any atom is 0.147 e. The van der Waals surface area contributed by atoms with Crippen molar-refractivity contribution in [3.05, 3.63) is 35.4 Å². The van der Waals surface area contributed by atoms with Gasteiger partial charge < -0.3 is 25.8 Å². The summed E-state index contributed by atoms with van der Waals surface area (Å²) < 4.78 is 5.45. The van der Waals surface area contributed by atoms with Crippen LogP contribution in [0.15, 0.2) is 24.3 Å². The molecule has 23 heavy (non-hydrogen) atoms. The molecule has 1 heterocycles. The van der Waals surface area contributed by atoms with Crippen LogP contribution in [0.5, 0.6) is 0 Å². The van der Waals surface area contributed by atoms with Gasteiger partial charge in [-0.1, -0.05) is 37.8 Å². The quantitative estimate of drug-likeness (QED) is 0.582. The Hall–Kier alpha value is -1.42. The van der Waals surface area contributed by atoms with Crippen LogP contribution in [0.3, 0.4) is 0 Å². The summed E-state index contributed by atoms with van der Waals surface area (Å²) in [4.78, 5) is 0. The van der Waals surface area contributed by atoms with E-state index >= 15 is 0 Å². The van der Waals surface area contributed by atoms with Crippen LogP contribution in [0.1, 0.15) is 31.9 Å². The van der Waals surface area contributed by atoms with Crippen molar-refractivity contribution >= 4 is 0 Å². The highest BCUT2D eigenvalue weighted by Gasteiger charge is 2.40. The van der Waals surface area contributed by atoms with E-state index in [0.717, 1.165) is 11.1 Å². The predicted octanol–water partition coefficient (Wildman–Crippen LogP) is 0.144. The van der Waals surface area contributed by atoms with Crippen molar-refractivity contribution in [2.75, 3.05) is 6.54 Å². The lowest BCUT2D eigenvalue weighted by Crippen LogP contribution is -2.56. The first-order valence-corrected chi connectivity index (χ1v) is 7.78. The van der Waals surface area contributed by atoms with Crippen LogP contribution < -0.4 is 5.73 Å². The van der Waals surface area contributed by atoms with Crippen molar-refractivity contribution in [2.45, 2.75) is 56.7 Å². The maximum absolute atomic E-state index is 9.93. The summed E-state index contributed by atoms with van der Waals surface area (Å²) in [6.07, 6.45) is -5.01. The van der Waals surface area contributed by atoms with Crippen LogP contribution in [0.2, 0.25) is 0 Å². The second kappa shape index (κ2) is 7.00. The highest BCUT2D eigenvalue weighted by atomic mass is 16.5. The molecule has 5 atom stereocenters. The number of rotatable bonds is 2. The van der Waals surface area contributed by atoms with E-state index in [-0.39, 0.29) is 5.41 Å². The van der Waals surface area contributed by atoms with E-state index in [1.165, 1.54) is 0 Å². The molecule has 0 saturated carbocycles. The van der Waals surface area contributed by atoms with E-state index in [4.69, 9.17) is 10.5 Å². The topological polar surface area (TPSA) is 95.9 Å². The van der Waals surface area contributed by atoms with E-state index in [2.05, 4.69) is 25.7 Å². The van der Waals surface area contributed by atoms with Gasteiger partial charge in [0.2, 0.25) is 0 Å². The van der Waals surface area contributed by atoms with E-state index in [0.29, 0.717) is 6.54 Å². The number of aliphatic hydroxyl groups excluding tert-OH is 3. The molecule has 0 radical (unpaired) electrons. The van der Waals surface area contributed by atoms with Gasteiger partial charge in [0.05, 0.1) is 6.10 Å². The summed E-state index contributed by atoms with van der Waals surface area (Å²) in [5, 5.41) is 29.4. The summed E-state index contributed by atoms with van der Waals surface area (Å²) >= 11 is 0. The molecule has 1 aromatic rings. The fourth-order valence-electron chi connectivity index (χ4n) is 2.45. The highest BCUT2D eigenvalue weighted by molar-refractivity contribution is 5.39. The van der Waals surface area contributed by atoms with Gasteiger partial charge in [-0.2, -0.15) is 0 Å². The lowest BCUT2D eigenvalue weighted by Gasteiger charge is -2.37. The molecule has 0 amide bonds. The summed E-state index contributed by atoms with van der Waals surface area (Å²) in [5.74, 6) is 5.76. The summed E-state index contributed by atoms with van der Waals surface area (Å²) in [6.45, 7) is 6.35. The standard InChI is InChI=1S/C18H25NO4/c1-11-15(20)17(22)16(21)14(23-11)9-6-12-4-7-13(8-5-12)18(2,3)10-19/h4-5,7-8,11,14-17,20-22H,10,19H2,1-3H3/t11-,14+,15+,16+,17+/m0/s1. The van der Waals surface area contributed by atoms with Gasteiger partial charge in [-0.05, 0) is 24.6 Å². The second-order valence-electron chi connectivity index (χ2n) is 6.67. The van der Waals surface area contributed by atoms with Crippen LogP contribution in [0.4, 0.5) is 0 Å². The average Bonchev–Trinajstić information content (AvgIpc) is 2.55. The van der Waals surface area contributed by atoms with E-state index < -0.39 is 30.5 Å². The van der Waals surface area contributed by atoms with Gasteiger partial charge in [0, 0.05) is 17.5 Å². The van der Waals surface area contributed by atoms with Crippen molar-refractivity contribution in [2.24, 2.45) is 5.73 Å². The van der Waals surface area contributed by atoms with Gasteiger partial charge in [-0.25, -0.2) is 0 Å². The van der Waals surface area contributed by atoms with E-state index in [9.17, 15) is 15.3 Å². The van der Waals surface area contributed by atoms with E-state index in [1.807, 2.05) is 24.3 Å². The lowest BCUT2D eigenvalue weighted by molar-refractivity contribution is -0.201. The number of hydrogen-bond acceptors (Lipinski definition) is 5. The molecule has 1 saturated heterocycles. The fraction of sp³-hybridized carbons (Fsp3) is 0.556. The first kappa shape index (κ1) is 17.9. The molecular weight excluding hydrogens is 294 g/mol. The maximum atomic E-state index is 9.93. The Morgan fingerprint density at radius 3 is 2.26 bits per heavy atom. The Morgan fingerprint density at radius 1 is 1.09 bits per heavy atom. The predicted molar refractivity (Wildman–Crippen MR) is 87.8 cm³/mol. The number of aliphatic hydroxyl groups is 3. The molecule has 1 aliphatic heterocycles. The molecule has 1 aromatic carbocycles. The van der Waals surface area contributed by atoms with Crippen molar-refractivity contribution in [3.63, 3.8) is 0 Å². The third kappa shape index (κ3) is 3.92. The number of nitrogens with two attached hydrogens (primary N) is 1. The van der Waals surface area contributed by atoms with Gasteiger partial charge in [-0.3, -0.25) is 0 Å². The Bertz CT molecular complexity index is 587. The van der Waals surface area contributed by atoms with Crippen molar-refractivity contribution in [1.29, 1.82) is 0 Å². The number of hydrogen-bond donors (Lipinski definition) is 4. The molecule has 0 bridgehead atoms. The Morgan fingerprint density at radius 2 is 1.70 bits per heavy atom. The van der Waals surface area contributed by atoms with E-state index in [1.54, 1.807) is 6.92 Å². The van der Waals surface area contributed by atoms with Gasteiger partial charge in [-0.15, -0.1) is 0 Å². The summed E-state index contributed by atoms with van der Waals surface area (Å²) in [6, 6.07) is 7.75. The normalized spacial score (nSPS) is 31.3. The van der Waals surface area contributed by atoms with Crippen LogP contribution in [0, 0.1) is 11.8 Å². The molecule has 5 nitrogen and oxygen atoms in total. The van der Waals surface area contributed by atoms with Crippen molar-refractivity contribution in [1.82, 2.24) is 0 Å². The fourth-order valence-corrected chi connectivity index (χ4v) is 2.45. The van der Waals surface area contributed by atoms with Crippen molar-refractivity contribution < 1.29 is 20.1 Å². The monoisotopic (exact) mass is 319 g/mol. The molecule has 0 spiro atoms. The average molecular weight is 319 g/mol. The molecular formula is C18H25NO4. The molecule has 5 N–H and O–H groups in total. The SMILES string of the molecule is C[C@@H]1O[C@H](C#Cc2ccc(C(C)(C)CN)cc2)[C@@H](O)[C@H](O)[C@@H]1O. The summed E-state index contributed by atoms with van der Waals surface area (Å²) in [5.41, 5.74) is 7.59. The molecule has 0 aromatic heterocycles. The molecule has 0 aliphatic carbocycles. The smallest absolute Gasteiger partial charge is 0.147 e. The molecule has 1 aliphatic rings. The van der Waals surface area contributed by atoms with Gasteiger partial charge in [0.25, 0.3) is 0 Å². The van der Waals surface area contributed by atoms with Crippen LogP contribution in [-0.2, 0) is 10.2 Å². The zero-order valence-corrected chi connectivity index (χ0v) is 13.7. The minimum Gasteiger partial charge on any atom is -0.388 e. The highest BCUT2D eigenvalue weighted by Crippen LogP contribution is 2.22. The Labute approximate surface area is 137 Å². The van der Waals surface area contributed by atoms with Crippen LogP contribution >= 0.6 is 0 Å². The van der Waals surface area contributed by atoms with Gasteiger partial charge in [0.1, 0.15) is 24.4 Å². The number of benzene rings is 1. The molecule has 126 valence electrons. The molecule has 2 rings (SSSR count). The van der Waals surface area contributed by atoms with Crippen molar-refractivity contribution in [3.8, 4) is 11.8 Å². The zero-order chi connectivity index (χ0) is 17.2. The Kier molecular flexibility index (Phi) is 5.45. The van der Waals surface area contributed by atoms with Gasteiger partial charge in [0.15, 0.2) is 0 Å². The Balaban J connectivity index is 2.13. The number of ether oxygens (including phenoxy) is 1. The molecule has 0 unspecified atom stereocenters. The van der Waals surface area contributed by atoms with Gasteiger partial charge >= 0.3 is 0 Å². The minimum absolute atomic E-state index is 0.0929. The zero-order valence-electron chi connectivity index (χ0n) is 13.7. The first-order chi connectivity index (χ1) is 10.8. The third-order valence-electron chi connectivity index (χ3n) is 4.39. The third-order valence-corrected chi connectivity index (χ3v) is 4.39. The minimum atomic E-state index is -1.26. The van der Waals surface area contributed by atoms with Crippen LogP contribution in [-0.4, -0.2) is 52.4 Å². The molecule has 5 heteroatoms. The second-order valence-corrected chi connectivity index (χ2v) is 6.67.